The van der Waals surface area contributed by atoms with Crippen LogP contribution in [0, 0.1) is 0 Å². The Kier molecular flexibility index (Phi) is 4.76. The minimum Gasteiger partial charge on any atom is -0.322 e. The van der Waals surface area contributed by atoms with Gasteiger partial charge in [-0.05, 0) is 24.1 Å². The molecule has 33 heavy (non-hydrogen) atoms. The van der Waals surface area contributed by atoms with Gasteiger partial charge in [-0.3, -0.25) is 19.7 Å². The molecular weight excluding hydrogens is 439 g/mol. The number of rotatable bonds is 3. The van der Waals surface area contributed by atoms with Gasteiger partial charge in [0.25, 0.3) is 5.91 Å². The number of hydrogen-bond acceptors (Lipinski definition) is 5. The Hall–Kier alpha value is -4.02. The summed E-state index contributed by atoms with van der Waals surface area (Å²) in [5.74, 6) is -1.29. The standard InChI is InChI=1S/C22H16F3N5O3/c23-22(24,25)30-19(12-4-2-1-3-5-12)18(27-28-30)13-6-7-15-14(10-13)11-29(21(15)33)16-8-9-17(31)26-20(16)32/h1-7,10,16H,8-9,11H2,(H,26,31,32). The van der Waals surface area contributed by atoms with E-state index in [1.807, 2.05) is 0 Å². The minimum atomic E-state index is -4.77. The Labute approximate surface area is 185 Å². The van der Waals surface area contributed by atoms with E-state index in [1.54, 1.807) is 24.3 Å². The van der Waals surface area contributed by atoms with Crippen LogP contribution < -0.4 is 5.32 Å². The second kappa shape index (κ2) is 7.54. The van der Waals surface area contributed by atoms with E-state index in [9.17, 15) is 27.6 Å². The molecule has 8 nitrogen and oxygen atoms in total. The molecule has 1 N–H and O–H groups in total. The molecule has 2 aliphatic rings. The third kappa shape index (κ3) is 3.55. The van der Waals surface area contributed by atoms with Gasteiger partial charge < -0.3 is 4.90 Å². The lowest BCUT2D eigenvalue weighted by atomic mass is 10.0. The van der Waals surface area contributed by atoms with Gasteiger partial charge in [0, 0.05) is 29.7 Å². The first kappa shape index (κ1) is 20.9. The van der Waals surface area contributed by atoms with Gasteiger partial charge in [0.2, 0.25) is 11.8 Å². The summed E-state index contributed by atoms with van der Waals surface area (Å²) >= 11 is 0. The average molecular weight is 455 g/mol. The van der Waals surface area contributed by atoms with Gasteiger partial charge >= 0.3 is 6.30 Å². The fraction of sp³-hybridized carbons (Fsp3) is 0.227. The predicted octanol–water partition coefficient (Wildman–Crippen LogP) is 2.85. The molecule has 5 rings (SSSR count). The number of nitrogens with zero attached hydrogens (tertiary/aromatic N) is 4. The second-order valence-corrected chi connectivity index (χ2v) is 7.80. The zero-order chi connectivity index (χ0) is 23.3. The van der Waals surface area contributed by atoms with E-state index in [2.05, 4.69) is 15.6 Å². The number of piperidine rings is 1. The van der Waals surface area contributed by atoms with Crippen molar-refractivity contribution < 1.29 is 27.6 Å². The summed E-state index contributed by atoms with van der Waals surface area (Å²) in [6.45, 7) is 0.0996. The van der Waals surface area contributed by atoms with Crippen LogP contribution >= 0.6 is 0 Å². The van der Waals surface area contributed by atoms with Gasteiger partial charge in [0.05, 0.1) is 0 Å². The molecule has 1 saturated heterocycles. The van der Waals surface area contributed by atoms with Gasteiger partial charge in [-0.1, -0.05) is 41.6 Å². The molecule has 3 aromatic rings. The van der Waals surface area contributed by atoms with E-state index >= 15 is 0 Å². The van der Waals surface area contributed by atoms with Gasteiger partial charge in [-0.25, -0.2) is 0 Å². The third-order valence-corrected chi connectivity index (χ3v) is 5.75. The van der Waals surface area contributed by atoms with E-state index in [1.165, 1.54) is 29.2 Å². The monoisotopic (exact) mass is 455 g/mol. The maximum Gasteiger partial charge on any atom is 0.506 e. The van der Waals surface area contributed by atoms with Crippen molar-refractivity contribution >= 4 is 17.7 Å². The van der Waals surface area contributed by atoms with Crippen LogP contribution in [-0.2, 0) is 22.4 Å². The van der Waals surface area contributed by atoms with E-state index in [4.69, 9.17) is 0 Å². The summed E-state index contributed by atoms with van der Waals surface area (Å²) < 4.78 is 40.7. The van der Waals surface area contributed by atoms with Gasteiger partial charge in [0.1, 0.15) is 17.4 Å². The summed E-state index contributed by atoms with van der Waals surface area (Å²) in [6.07, 6.45) is -4.43. The Morgan fingerprint density at radius 2 is 1.76 bits per heavy atom. The smallest absolute Gasteiger partial charge is 0.322 e. The highest BCUT2D eigenvalue weighted by atomic mass is 19.4. The molecule has 0 bridgehead atoms. The summed E-state index contributed by atoms with van der Waals surface area (Å²) in [5, 5.41) is 9.36. The number of halogens is 3. The lowest BCUT2D eigenvalue weighted by Crippen LogP contribution is -2.52. The third-order valence-electron chi connectivity index (χ3n) is 5.75. The number of carbonyl (C=O) groups excluding carboxylic acids is 3. The Bertz CT molecular complexity index is 1290. The number of fused-ring (bicyclic) bond motifs is 1. The maximum atomic E-state index is 13.6. The maximum absolute atomic E-state index is 13.6. The molecule has 2 aromatic carbocycles. The van der Waals surface area contributed by atoms with Gasteiger partial charge in [-0.15, -0.1) is 23.0 Å². The number of amides is 3. The molecule has 2 aliphatic heterocycles. The zero-order valence-corrected chi connectivity index (χ0v) is 17.0. The molecule has 1 aromatic heterocycles. The Morgan fingerprint density at radius 3 is 2.45 bits per heavy atom. The fourth-order valence-electron chi connectivity index (χ4n) is 4.23. The molecule has 0 saturated carbocycles. The highest BCUT2D eigenvalue weighted by molar-refractivity contribution is 6.05. The zero-order valence-electron chi connectivity index (χ0n) is 17.0. The largest absolute Gasteiger partial charge is 0.506 e. The average Bonchev–Trinajstić information content (AvgIpc) is 3.36. The van der Waals surface area contributed by atoms with Crippen molar-refractivity contribution in [1.82, 2.24) is 25.2 Å². The summed E-state index contributed by atoms with van der Waals surface area (Å²) in [6, 6.07) is 11.8. The predicted molar refractivity (Wildman–Crippen MR) is 108 cm³/mol. The van der Waals surface area contributed by atoms with E-state index in [-0.39, 0.29) is 52.8 Å². The summed E-state index contributed by atoms with van der Waals surface area (Å²) in [4.78, 5) is 37.9. The normalized spacial score (nSPS) is 18.5. The number of aromatic nitrogens is 3. The van der Waals surface area contributed by atoms with Crippen LogP contribution in [0.2, 0.25) is 0 Å². The molecule has 3 heterocycles. The Balaban J connectivity index is 1.54. The van der Waals surface area contributed by atoms with Crippen molar-refractivity contribution in [3.63, 3.8) is 0 Å². The number of benzene rings is 2. The van der Waals surface area contributed by atoms with Crippen molar-refractivity contribution in [3.05, 3.63) is 59.7 Å². The number of hydrogen-bond donors (Lipinski definition) is 1. The van der Waals surface area contributed by atoms with Crippen LogP contribution in [0.15, 0.2) is 48.5 Å². The second-order valence-electron chi connectivity index (χ2n) is 7.80. The van der Waals surface area contributed by atoms with Crippen LogP contribution in [0.3, 0.4) is 0 Å². The molecule has 1 unspecified atom stereocenters. The number of alkyl halides is 3. The molecular formula is C22H16F3N5O3. The van der Waals surface area contributed by atoms with E-state index in [0.29, 0.717) is 16.7 Å². The van der Waals surface area contributed by atoms with Crippen LogP contribution in [0.1, 0.15) is 28.8 Å². The van der Waals surface area contributed by atoms with Gasteiger partial charge in [0.15, 0.2) is 0 Å². The highest BCUT2D eigenvalue weighted by Gasteiger charge is 2.40. The molecule has 0 spiro atoms. The van der Waals surface area contributed by atoms with Crippen molar-refractivity contribution in [2.45, 2.75) is 31.7 Å². The van der Waals surface area contributed by atoms with Crippen LogP contribution in [0.25, 0.3) is 22.5 Å². The van der Waals surface area contributed by atoms with Crippen molar-refractivity contribution in [1.29, 1.82) is 0 Å². The first-order valence-corrected chi connectivity index (χ1v) is 10.1. The van der Waals surface area contributed by atoms with E-state index in [0.717, 1.165) is 0 Å². The number of nitrogens with one attached hydrogen (secondary N) is 1. The number of imide groups is 1. The minimum absolute atomic E-state index is 0.0215. The SMILES string of the molecule is O=C1CCC(N2Cc3cc(-c4nnn(C(F)(F)F)c4-c4ccccc4)ccc3C2=O)C(=O)N1. The van der Waals surface area contributed by atoms with Crippen LogP contribution in [0.4, 0.5) is 13.2 Å². The van der Waals surface area contributed by atoms with Crippen molar-refractivity contribution in [2.24, 2.45) is 0 Å². The fourth-order valence-corrected chi connectivity index (χ4v) is 4.23. The molecule has 11 heteroatoms. The highest BCUT2D eigenvalue weighted by Crippen LogP contribution is 2.37. The molecule has 0 radical (unpaired) electrons. The molecule has 168 valence electrons. The summed E-state index contributed by atoms with van der Waals surface area (Å²) in [5.41, 5.74) is 1.37. The van der Waals surface area contributed by atoms with Crippen LogP contribution in [0.5, 0.6) is 0 Å². The lowest BCUT2D eigenvalue weighted by molar-refractivity contribution is -0.211. The topological polar surface area (TPSA) is 97.2 Å². The molecule has 3 amide bonds. The van der Waals surface area contributed by atoms with Crippen molar-refractivity contribution in [3.8, 4) is 22.5 Å². The first-order valence-electron chi connectivity index (χ1n) is 10.1. The Morgan fingerprint density at radius 1 is 1.00 bits per heavy atom. The lowest BCUT2D eigenvalue weighted by Gasteiger charge is -2.29. The number of carbonyl (C=O) groups is 3. The van der Waals surface area contributed by atoms with Crippen molar-refractivity contribution in [2.75, 3.05) is 0 Å². The quantitative estimate of drug-likeness (QED) is 0.613. The summed E-state index contributed by atoms with van der Waals surface area (Å²) in [7, 11) is 0. The molecule has 0 aliphatic carbocycles. The van der Waals surface area contributed by atoms with Crippen LogP contribution in [-0.4, -0.2) is 43.7 Å². The first-order chi connectivity index (χ1) is 15.7. The van der Waals surface area contributed by atoms with E-state index < -0.39 is 18.2 Å². The molecule has 1 atom stereocenters. The molecule has 1 fully saturated rings. The van der Waals surface area contributed by atoms with Gasteiger partial charge in [-0.2, -0.15) is 0 Å².